The van der Waals surface area contributed by atoms with Gasteiger partial charge >= 0.3 is 5.69 Å². The highest BCUT2D eigenvalue weighted by Crippen LogP contribution is 2.21. The molecule has 0 aliphatic carbocycles. The van der Waals surface area contributed by atoms with Crippen LogP contribution in [0.15, 0.2) is 29.1 Å². The van der Waals surface area contributed by atoms with Crippen LogP contribution in [0.25, 0.3) is 0 Å². The first-order valence-corrected chi connectivity index (χ1v) is 6.84. The van der Waals surface area contributed by atoms with E-state index in [1.807, 2.05) is 24.3 Å². The van der Waals surface area contributed by atoms with Crippen molar-refractivity contribution in [3.63, 3.8) is 0 Å². The molecule has 3 rings (SSSR count). The van der Waals surface area contributed by atoms with Crippen LogP contribution >= 0.6 is 0 Å². The van der Waals surface area contributed by atoms with Crippen LogP contribution in [-0.2, 0) is 0 Å². The van der Waals surface area contributed by atoms with Gasteiger partial charge in [-0.15, -0.1) is 0 Å². The molecule has 5 nitrogen and oxygen atoms in total. The van der Waals surface area contributed by atoms with Crippen LogP contribution < -0.4 is 10.6 Å². The number of carbonyl (C=O) groups is 1. The topological polar surface area (TPSA) is 69.0 Å². The van der Waals surface area contributed by atoms with E-state index in [-0.39, 0.29) is 11.5 Å². The molecule has 0 saturated carbocycles. The van der Waals surface area contributed by atoms with Crippen molar-refractivity contribution in [3.8, 4) is 0 Å². The molecule has 1 aliphatic rings. The average molecular weight is 271 g/mol. The summed E-state index contributed by atoms with van der Waals surface area (Å²) in [7, 11) is 0. The van der Waals surface area contributed by atoms with Gasteiger partial charge in [-0.05, 0) is 44.0 Å². The molecule has 0 amide bonds. The van der Waals surface area contributed by atoms with Crippen molar-refractivity contribution in [2.24, 2.45) is 0 Å². The van der Waals surface area contributed by atoms with Crippen molar-refractivity contribution in [2.75, 3.05) is 18.0 Å². The zero-order valence-corrected chi connectivity index (χ0v) is 11.4. The molecule has 1 aromatic carbocycles. The first-order chi connectivity index (χ1) is 9.65. The number of anilines is 1. The monoisotopic (exact) mass is 271 g/mol. The number of H-pyrrole nitrogens is 2. The molecule has 1 aliphatic heterocycles. The van der Waals surface area contributed by atoms with Crippen molar-refractivity contribution < 1.29 is 4.79 Å². The Bertz CT molecular complexity index is 676. The second kappa shape index (κ2) is 5.00. The summed E-state index contributed by atoms with van der Waals surface area (Å²) in [5.41, 5.74) is 2.30. The van der Waals surface area contributed by atoms with Crippen molar-refractivity contribution in [1.29, 1.82) is 0 Å². The summed E-state index contributed by atoms with van der Waals surface area (Å²) >= 11 is 0. The fraction of sp³-hybridized carbons (Fsp3) is 0.333. The third kappa shape index (κ3) is 2.27. The smallest absolute Gasteiger partial charge is 0.323 e. The SMILES string of the molecule is Cc1[nH]c(=O)[nH]c1C(=O)c1ccc(N2CCCC2)cc1. The Hall–Kier alpha value is -2.30. The summed E-state index contributed by atoms with van der Waals surface area (Å²) in [6.45, 7) is 3.87. The highest BCUT2D eigenvalue weighted by molar-refractivity contribution is 6.08. The lowest BCUT2D eigenvalue weighted by Crippen LogP contribution is -2.17. The second-order valence-electron chi connectivity index (χ2n) is 5.15. The van der Waals surface area contributed by atoms with Gasteiger partial charge in [0.2, 0.25) is 5.78 Å². The maximum absolute atomic E-state index is 12.3. The molecule has 2 heterocycles. The van der Waals surface area contributed by atoms with Gasteiger partial charge in [-0.1, -0.05) is 0 Å². The molecule has 0 atom stereocenters. The van der Waals surface area contributed by atoms with E-state index in [1.165, 1.54) is 12.8 Å². The van der Waals surface area contributed by atoms with E-state index in [0.29, 0.717) is 17.0 Å². The molecule has 0 bridgehead atoms. The quantitative estimate of drug-likeness (QED) is 0.837. The van der Waals surface area contributed by atoms with Crippen molar-refractivity contribution in [3.05, 3.63) is 51.7 Å². The molecule has 1 saturated heterocycles. The Morgan fingerprint density at radius 3 is 2.30 bits per heavy atom. The fourth-order valence-electron chi connectivity index (χ4n) is 2.64. The van der Waals surface area contributed by atoms with Crippen LogP contribution in [0.1, 0.15) is 34.6 Å². The van der Waals surface area contributed by atoms with Gasteiger partial charge in [0.1, 0.15) is 5.69 Å². The number of aromatic nitrogens is 2. The number of nitrogens with zero attached hydrogens (tertiary/aromatic N) is 1. The molecular formula is C15H17N3O2. The third-order valence-electron chi connectivity index (χ3n) is 3.74. The number of ketones is 1. The summed E-state index contributed by atoms with van der Waals surface area (Å²) < 4.78 is 0. The molecule has 2 aromatic rings. The lowest BCUT2D eigenvalue weighted by molar-refractivity contribution is 0.103. The number of nitrogens with one attached hydrogen (secondary N) is 2. The van der Waals surface area contributed by atoms with Gasteiger partial charge in [0.25, 0.3) is 0 Å². The molecule has 0 radical (unpaired) electrons. The molecule has 104 valence electrons. The highest BCUT2D eigenvalue weighted by atomic mass is 16.1. The largest absolute Gasteiger partial charge is 0.372 e. The first kappa shape index (κ1) is 12.7. The Labute approximate surface area is 116 Å². The van der Waals surface area contributed by atoms with Gasteiger partial charge in [0.05, 0.1) is 0 Å². The maximum atomic E-state index is 12.3. The Balaban J connectivity index is 1.85. The molecule has 1 aromatic heterocycles. The third-order valence-corrected chi connectivity index (χ3v) is 3.74. The van der Waals surface area contributed by atoms with Crippen LogP contribution in [0.4, 0.5) is 5.69 Å². The predicted octanol–water partition coefficient (Wildman–Crippen LogP) is 1.84. The number of carbonyl (C=O) groups excluding carboxylic acids is 1. The molecular weight excluding hydrogens is 254 g/mol. The molecule has 2 N–H and O–H groups in total. The molecule has 1 fully saturated rings. The van der Waals surface area contributed by atoms with Crippen molar-refractivity contribution in [2.45, 2.75) is 19.8 Å². The number of imidazole rings is 1. The van der Waals surface area contributed by atoms with E-state index >= 15 is 0 Å². The number of hydrogen-bond donors (Lipinski definition) is 2. The van der Waals surface area contributed by atoms with Gasteiger partial charge < -0.3 is 14.9 Å². The molecule has 0 unspecified atom stereocenters. The van der Waals surface area contributed by atoms with E-state index in [0.717, 1.165) is 18.8 Å². The Morgan fingerprint density at radius 2 is 1.75 bits per heavy atom. The predicted molar refractivity (Wildman–Crippen MR) is 77.5 cm³/mol. The minimum Gasteiger partial charge on any atom is -0.372 e. The zero-order chi connectivity index (χ0) is 14.1. The van der Waals surface area contributed by atoms with E-state index < -0.39 is 0 Å². The van der Waals surface area contributed by atoms with Crippen LogP contribution in [0.5, 0.6) is 0 Å². The van der Waals surface area contributed by atoms with E-state index in [1.54, 1.807) is 6.92 Å². The molecule has 20 heavy (non-hydrogen) atoms. The minimum absolute atomic E-state index is 0.158. The molecule has 5 heteroatoms. The van der Waals surface area contributed by atoms with Gasteiger partial charge in [-0.2, -0.15) is 0 Å². The van der Waals surface area contributed by atoms with Gasteiger partial charge in [0.15, 0.2) is 0 Å². The molecule has 0 spiro atoms. The van der Waals surface area contributed by atoms with Crippen LogP contribution in [0.3, 0.4) is 0 Å². The Morgan fingerprint density at radius 1 is 1.10 bits per heavy atom. The summed E-state index contributed by atoms with van der Waals surface area (Å²) in [5.74, 6) is -0.158. The van der Waals surface area contributed by atoms with Crippen molar-refractivity contribution in [1.82, 2.24) is 9.97 Å². The highest BCUT2D eigenvalue weighted by Gasteiger charge is 2.16. The second-order valence-corrected chi connectivity index (χ2v) is 5.15. The fourth-order valence-corrected chi connectivity index (χ4v) is 2.64. The number of aromatic amines is 2. The van der Waals surface area contributed by atoms with Crippen LogP contribution in [0.2, 0.25) is 0 Å². The number of benzene rings is 1. The summed E-state index contributed by atoms with van der Waals surface area (Å²) in [6.07, 6.45) is 2.45. The normalized spacial score (nSPS) is 14.8. The summed E-state index contributed by atoms with van der Waals surface area (Å²) in [6, 6.07) is 7.58. The summed E-state index contributed by atoms with van der Waals surface area (Å²) in [4.78, 5) is 30.9. The van der Waals surface area contributed by atoms with Gasteiger partial charge in [-0.25, -0.2) is 4.79 Å². The minimum atomic E-state index is -0.348. The van der Waals surface area contributed by atoms with Gasteiger partial charge in [-0.3, -0.25) is 4.79 Å². The Kier molecular flexibility index (Phi) is 3.18. The van der Waals surface area contributed by atoms with Gasteiger partial charge in [0, 0.05) is 30.0 Å². The average Bonchev–Trinajstić information content (AvgIpc) is 3.08. The lowest BCUT2D eigenvalue weighted by atomic mass is 10.1. The van der Waals surface area contributed by atoms with E-state index in [4.69, 9.17) is 0 Å². The maximum Gasteiger partial charge on any atom is 0.323 e. The zero-order valence-electron chi connectivity index (χ0n) is 11.4. The van der Waals surface area contributed by atoms with Crippen LogP contribution in [-0.4, -0.2) is 28.8 Å². The standard InChI is InChI=1S/C15H17N3O2/c1-10-13(17-15(20)16-10)14(19)11-4-6-12(7-5-11)18-8-2-3-9-18/h4-7H,2-3,8-9H2,1H3,(H2,16,17,20). The number of aryl methyl sites for hydroxylation is 1. The summed E-state index contributed by atoms with van der Waals surface area (Å²) in [5, 5.41) is 0. The van der Waals surface area contributed by atoms with Crippen LogP contribution in [0, 0.1) is 6.92 Å². The number of rotatable bonds is 3. The van der Waals surface area contributed by atoms with E-state index in [2.05, 4.69) is 14.9 Å². The number of hydrogen-bond acceptors (Lipinski definition) is 3. The first-order valence-electron chi connectivity index (χ1n) is 6.84. The lowest BCUT2D eigenvalue weighted by Gasteiger charge is -2.17. The van der Waals surface area contributed by atoms with Crippen molar-refractivity contribution >= 4 is 11.5 Å². The van der Waals surface area contributed by atoms with E-state index in [9.17, 15) is 9.59 Å².